The number of hydrogen-bond acceptors (Lipinski definition) is 7. The fourth-order valence-electron chi connectivity index (χ4n) is 2.81. The van der Waals surface area contributed by atoms with E-state index in [1.165, 1.54) is 0 Å². The van der Waals surface area contributed by atoms with Crippen molar-refractivity contribution < 1.29 is 36.0 Å². The Morgan fingerprint density at radius 1 is 1.03 bits per heavy atom. The lowest BCUT2D eigenvalue weighted by Gasteiger charge is -2.08. The number of hydrogen-bond donors (Lipinski definition) is 3. The molecule has 0 aliphatic heterocycles. The Bertz CT molecular complexity index is 956. The summed E-state index contributed by atoms with van der Waals surface area (Å²) in [6, 6.07) is 10.9. The molecule has 1 aromatic heterocycles. The average molecular weight is 576 g/mol. The van der Waals surface area contributed by atoms with Gasteiger partial charge in [0.2, 0.25) is 5.96 Å². The van der Waals surface area contributed by atoms with Crippen LogP contribution in [0.5, 0.6) is 5.75 Å². The molecular formula is C24H33Cl3N6O4. The smallest absolute Gasteiger partial charge is 0.513 e. The second-order valence-electron chi connectivity index (χ2n) is 7.42. The minimum absolute atomic E-state index is 0. The van der Waals surface area contributed by atoms with Crippen molar-refractivity contribution in [3.8, 4) is 11.9 Å². The zero-order chi connectivity index (χ0) is 25.1. The average Bonchev–Trinajstić information content (AvgIpc) is 2.86. The molecule has 1 heterocycles. The number of halogens is 3. The first kappa shape index (κ1) is 34.0. The minimum atomic E-state index is -0.741. The molecule has 13 heteroatoms. The van der Waals surface area contributed by atoms with Gasteiger partial charge < -0.3 is 37.7 Å². The molecule has 4 N–H and O–H groups in total. The van der Waals surface area contributed by atoms with E-state index in [1.54, 1.807) is 29.1 Å². The molecule has 0 amide bonds. The minimum Gasteiger partial charge on any atom is -1.00 e. The molecule has 0 aliphatic rings. The highest BCUT2D eigenvalue weighted by atomic mass is 35.5. The van der Waals surface area contributed by atoms with Crippen LogP contribution in [-0.4, -0.2) is 38.4 Å². The molecule has 2 aromatic rings. The number of pyridine rings is 1. The first-order valence-corrected chi connectivity index (χ1v) is 11.8. The van der Waals surface area contributed by atoms with Crippen molar-refractivity contribution in [3.05, 3.63) is 53.8 Å². The van der Waals surface area contributed by atoms with Crippen LogP contribution in [-0.2, 0) is 16.2 Å². The van der Waals surface area contributed by atoms with Gasteiger partial charge in [0, 0.05) is 23.7 Å². The largest absolute Gasteiger partial charge is 1.00 e. The lowest BCUT2D eigenvalue weighted by molar-refractivity contribution is -0.727. The molecule has 0 aliphatic carbocycles. The number of nitriles is 1. The SMILES string of the molecule is Cl.N#CNC(=NCCCCCCOc1ccc(Cl)cc1)Nc1cc[n+](COC(=O)OCCCN)cc1.[Cl-]. The summed E-state index contributed by atoms with van der Waals surface area (Å²) in [4.78, 5) is 15.9. The highest BCUT2D eigenvalue weighted by Crippen LogP contribution is 2.16. The summed E-state index contributed by atoms with van der Waals surface area (Å²) in [6.45, 7) is 1.94. The Labute approximate surface area is 235 Å². The number of carbonyl (C=O) groups excluding carboxylic acids is 1. The summed E-state index contributed by atoms with van der Waals surface area (Å²) >= 11 is 5.86. The summed E-state index contributed by atoms with van der Waals surface area (Å²) < 4.78 is 17.2. The number of ether oxygens (including phenoxy) is 3. The zero-order valence-electron chi connectivity index (χ0n) is 20.4. The van der Waals surface area contributed by atoms with E-state index in [2.05, 4.69) is 15.6 Å². The number of nitrogens with one attached hydrogen (secondary N) is 2. The highest BCUT2D eigenvalue weighted by molar-refractivity contribution is 6.30. The Kier molecular flexibility index (Phi) is 19.4. The molecule has 37 heavy (non-hydrogen) atoms. The summed E-state index contributed by atoms with van der Waals surface area (Å²) in [5.74, 6) is 1.19. The zero-order valence-corrected chi connectivity index (χ0v) is 22.7. The lowest BCUT2D eigenvalue weighted by atomic mass is 10.2. The van der Waals surface area contributed by atoms with Crippen molar-refractivity contribution >= 4 is 41.8 Å². The van der Waals surface area contributed by atoms with Crippen LogP contribution in [0, 0.1) is 11.5 Å². The van der Waals surface area contributed by atoms with E-state index in [0.29, 0.717) is 37.1 Å². The molecule has 0 bridgehead atoms. The van der Waals surface area contributed by atoms with Crippen LogP contribution < -0.4 is 38.1 Å². The summed E-state index contributed by atoms with van der Waals surface area (Å²) in [5, 5.41) is 15.3. The Morgan fingerprint density at radius 2 is 1.73 bits per heavy atom. The second-order valence-corrected chi connectivity index (χ2v) is 7.86. The second kappa shape index (κ2) is 21.1. The standard InChI is InChI=1S/C24H31ClN6O4.2ClH/c25-20-6-8-22(9-7-20)33-16-4-2-1-3-13-28-23(29-18-27)30-21-10-14-31(15-11-21)19-35-24(32)34-17-5-12-26;;/h6-11,14-15H,1-5,12-13,16-17,19,26H2,(H,28,29);2*1H. The summed E-state index contributed by atoms with van der Waals surface area (Å²) in [7, 11) is 0. The number of anilines is 1. The topological polar surface area (TPSA) is 135 Å². The van der Waals surface area contributed by atoms with Crippen LogP contribution in [0.3, 0.4) is 0 Å². The molecule has 0 radical (unpaired) electrons. The van der Waals surface area contributed by atoms with Crippen LogP contribution in [0.15, 0.2) is 53.8 Å². The van der Waals surface area contributed by atoms with Crippen molar-refractivity contribution in [3.63, 3.8) is 0 Å². The number of nitrogens with two attached hydrogens (primary N) is 1. The first-order valence-electron chi connectivity index (χ1n) is 11.4. The Morgan fingerprint density at radius 3 is 2.41 bits per heavy atom. The number of unbranched alkanes of at least 4 members (excludes halogenated alkanes) is 3. The molecule has 0 saturated heterocycles. The number of carbonyl (C=O) groups is 1. The normalized spacial score (nSPS) is 10.2. The van der Waals surface area contributed by atoms with E-state index < -0.39 is 6.16 Å². The van der Waals surface area contributed by atoms with Gasteiger partial charge in [-0.1, -0.05) is 18.0 Å². The van der Waals surface area contributed by atoms with Crippen LogP contribution >= 0.6 is 24.0 Å². The first-order chi connectivity index (χ1) is 17.1. The molecule has 0 fully saturated rings. The van der Waals surface area contributed by atoms with Gasteiger partial charge in [-0.05, 0) is 56.5 Å². The van der Waals surface area contributed by atoms with E-state index in [0.717, 1.165) is 37.1 Å². The predicted molar refractivity (Wildman–Crippen MR) is 140 cm³/mol. The summed E-state index contributed by atoms with van der Waals surface area (Å²) in [6.07, 6.45) is 9.07. The van der Waals surface area contributed by atoms with Gasteiger partial charge >= 0.3 is 6.16 Å². The monoisotopic (exact) mass is 574 g/mol. The molecule has 0 saturated carbocycles. The fourth-order valence-corrected chi connectivity index (χ4v) is 2.94. The molecule has 1 aromatic carbocycles. The van der Waals surface area contributed by atoms with Crippen LogP contribution in [0.25, 0.3) is 0 Å². The number of nitrogens with zero attached hydrogens (tertiary/aromatic N) is 3. The van der Waals surface area contributed by atoms with E-state index >= 15 is 0 Å². The third-order valence-electron chi connectivity index (χ3n) is 4.63. The third kappa shape index (κ3) is 15.7. The maximum absolute atomic E-state index is 11.5. The quantitative estimate of drug-likeness (QED) is 0.0577. The van der Waals surface area contributed by atoms with Gasteiger partial charge in [0.25, 0.3) is 6.73 Å². The molecular weight excluding hydrogens is 543 g/mol. The Hall–Kier alpha value is -2.97. The predicted octanol–water partition coefficient (Wildman–Crippen LogP) is 0.991. The lowest BCUT2D eigenvalue weighted by Crippen LogP contribution is -3.00. The van der Waals surface area contributed by atoms with Crippen molar-refractivity contribution in [2.24, 2.45) is 10.7 Å². The summed E-state index contributed by atoms with van der Waals surface area (Å²) in [5.41, 5.74) is 6.07. The van der Waals surface area contributed by atoms with Gasteiger partial charge in [0.15, 0.2) is 18.6 Å². The van der Waals surface area contributed by atoms with E-state index in [9.17, 15) is 4.79 Å². The van der Waals surface area contributed by atoms with E-state index in [1.807, 2.05) is 30.5 Å². The van der Waals surface area contributed by atoms with Crippen molar-refractivity contribution in [1.82, 2.24) is 5.32 Å². The number of guanidine groups is 1. The number of aliphatic imine (C=N–C) groups is 1. The highest BCUT2D eigenvalue weighted by Gasteiger charge is 2.08. The van der Waals surface area contributed by atoms with Crippen molar-refractivity contribution in [2.45, 2.75) is 38.8 Å². The van der Waals surface area contributed by atoms with Crippen molar-refractivity contribution in [1.29, 1.82) is 5.26 Å². The molecule has 10 nitrogen and oxygen atoms in total. The maximum Gasteiger partial charge on any atom is 0.513 e. The van der Waals surface area contributed by atoms with Gasteiger partial charge in [-0.15, -0.1) is 12.4 Å². The van der Waals surface area contributed by atoms with Crippen LogP contribution in [0.1, 0.15) is 32.1 Å². The number of rotatable bonds is 14. The van der Waals surface area contributed by atoms with E-state index in [-0.39, 0.29) is 38.2 Å². The van der Waals surface area contributed by atoms with Gasteiger partial charge in [-0.3, -0.25) is 10.3 Å². The number of aromatic nitrogens is 1. The molecule has 0 unspecified atom stereocenters. The van der Waals surface area contributed by atoms with Crippen molar-refractivity contribution in [2.75, 3.05) is 31.6 Å². The van der Waals surface area contributed by atoms with Gasteiger partial charge in [0.05, 0.1) is 18.9 Å². The van der Waals surface area contributed by atoms with Crippen LogP contribution in [0.4, 0.5) is 10.5 Å². The van der Waals surface area contributed by atoms with Gasteiger partial charge in [-0.2, -0.15) is 9.83 Å². The van der Waals surface area contributed by atoms with E-state index in [4.69, 9.17) is 36.8 Å². The number of benzene rings is 1. The van der Waals surface area contributed by atoms with Gasteiger partial charge in [0.1, 0.15) is 5.75 Å². The Balaban J connectivity index is 0.00000648. The molecule has 0 atom stereocenters. The molecule has 0 spiro atoms. The molecule has 204 valence electrons. The molecule has 2 rings (SSSR count). The van der Waals surface area contributed by atoms with Gasteiger partial charge in [-0.25, -0.2) is 4.79 Å². The fraction of sp³-hybridized carbons (Fsp3) is 0.417. The maximum atomic E-state index is 11.5. The third-order valence-corrected chi connectivity index (χ3v) is 4.88. The van der Waals surface area contributed by atoms with Crippen LogP contribution in [0.2, 0.25) is 5.02 Å².